The lowest BCUT2D eigenvalue weighted by Crippen LogP contribution is -2.28. The second kappa shape index (κ2) is 14.9. The van der Waals surface area contributed by atoms with Crippen LogP contribution in [0, 0.1) is 0 Å². The molecule has 0 N–H and O–H groups in total. The zero-order valence-electron chi connectivity index (χ0n) is 34.0. The van der Waals surface area contributed by atoms with Crippen molar-refractivity contribution in [1.29, 1.82) is 0 Å². The van der Waals surface area contributed by atoms with E-state index in [0.29, 0.717) is 40.5 Å². The van der Waals surface area contributed by atoms with E-state index in [1.165, 1.54) is 16.7 Å². The van der Waals surface area contributed by atoms with Crippen molar-refractivity contribution in [2.45, 2.75) is 5.41 Å². The molecule has 1 aromatic heterocycles. The second-order valence-corrected chi connectivity index (χ2v) is 15.8. The van der Waals surface area contributed by atoms with E-state index in [0.717, 1.165) is 55.6 Å². The molecule has 0 amide bonds. The van der Waals surface area contributed by atoms with E-state index in [9.17, 15) is 0 Å². The largest absolute Gasteiger partial charge is 0.449 e. The number of rotatable bonds is 7. The molecule has 10 aromatic rings. The number of para-hydroxylation sites is 1. The normalized spacial score (nSPS) is 12.8. The lowest BCUT2D eigenvalue weighted by atomic mass is 9.68. The quantitative estimate of drug-likeness (QED) is 0.161. The van der Waals surface area contributed by atoms with Gasteiger partial charge in [-0.15, -0.1) is 0 Å². The Morgan fingerprint density at radius 2 is 0.794 bits per heavy atom. The van der Waals surface area contributed by atoms with Crippen LogP contribution in [0.15, 0.2) is 224 Å². The average Bonchev–Trinajstić information content (AvgIpc) is 3.68. The molecule has 0 unspecified atom stereocenters. The molecule has 2 heterocycles. The molecule has 1 aliphatic heterocycles. The van der Waals surface area contributed by atoms with Gasteiger partial charge in [0.25, 0.3) is 0 Å². The van der Waals surface area contributed by atoms with Crippen molar-refractivity contribution >= 4 is 0 Å². The smallest absolute Gasteiger partial charge is 0.178 e. The third kappa shape index (κ3) is 5.97. The fourth-order valence-corrected chi connectivity index (χ4v) is 9.52. The Hall–Kier alpha value is -8.41. The number of hydrogen-bond donors (Lipinski definition) is 0. The molecule has 0 fully saturated rings. The van der Waals surface area contributed by atoms with E-state index in [1.54, 1.807) is 0 Å². The van der Waals surface area contributed by atoms with Crippen molar-refractivity contribution in [3.63, 3.8) is 0 Å². The third-order valence-electron chi connectivity index (χ3n) is 12.3. The molecule has 1 aliphatic carbocycles. The summed E-state index contributed by atoms with van der Waals surface area (Å²) in [4.78, 5) is 15.4. The maximum absolute atomic E-state index is 7.09. The van der Waals surface area contributed by atoms with Crippen LogP contribution in [-0.2, 0) is 5.41 Å². The Labute approximate surface area is 365 Å². The summed E-state index contributed by atoms with van der Waals surface area (Å²) in [5.41, 5.74) is 13.0. The zero-order valence-corrected chi connectivity index (χ0v) is 34.0. The first kappa shape index (κ1) is 36.4. The van der Waals surface area contributed by atoms with Crippen molar-refractivity contribution in [3.8, 4) is 90.5 Å². The van der Waals surface area contributed by atoms with E-state index in [4.69, 9.17) is 24.4 Å². The minimum absolute atomic E-state index is 0.557. The van der Waals surface area contributed by atoms with E-state index in [-0.39, 0.29) is 0 Å². The lowest BCUT2D eigenvalue weighted by Gasteiger charge is -2.34. The molecule has 12 rings (SSSR count). The van der Waals surface area contributed by atoms with Crippen LogP contribution in [-0.4, -0.2) is 15.0 Å². The number of nitrogens with zero attached hydrogens (tertiary/aromatic N) is 3. The van der Waals surface area contributed by atoms with Crippen LogP contribution in [0.2, 0.25) is 0 Å². The highest BCUT2D eigenvalue weighted by Gasteiger charge is 2.48. The van der Waals surface area contributed by atoms with Gasteiger partial charge < -0.3 is 9.47 Å². The van der Waals surface area contributed by atoms with Gasteiger partial charge in [0.15, 0.2) is 40.5 Å². The Bertz CT molecular complexity index is 3300. The van der Waals surface area contributed by atoms with E-state index in [2.05, 4.69) is 164 Å². The summed E-state index contributed by atoms with van der Waals surface area (Å²) in [5.74, 6) is 4.37. The highest BCUT2D eigenvalue weighted by molar-refractivity contribution is 5.93. The molecule has 2 aliphatic rings. The molecule has 0 radical (unpaired) electrons. The Morgan fingerprint density at radius 3 is 1.51 bits per heavy atom. The number of aromatic nitrogens is 3. The van der Waals surface area contributed by atoms with Crippen LogP contribution in [0.5, 0.6) is 23.0 Å². The van der Waals surface area contributed by atoms with Gasteiger partial charge >= 0.3 is 0 Å². The highest BCUT2D eigenvalue weighted by Crippen LogP contribution is 2.63. The molecule has 5 heteroatoms. The van der Waals surface area contributed by atoms with Crippen molar-refractivity contribution in [2.24, 2.45) is 0 Å². The SMILES string of the molecule is c1ccc(-c2cccc(-c3nc(-c4ccccc4)nc(-c4ccccc4-c4cccc5c4Oc4ccc6c(c4O5)-c4ccccc4C6(c4ccccc4)c4ccccc4)n3)c2)cc1. The van der Waals surface area contributed by atoms with Crippen LogP contribution in [0.4, 0.5) is 0 Å². The van der Waals surface area contributed by atoms with Crippen molar-refractivity contribution < 1.29 is 9.47 Å². The number of fused-ring (bicyclic) bond motifs is 6. The minimum Gasteiger partial charge on any atom is -0.449 e. The summed E-state index contributed by atoms with van der Waals surface area (Å²) in [6.45, 7) is 0. The van der Waals surface area contributed by atoms with Gasteiger partial charge in [-0.2, -0.15) is 0 Å². The highest BCUT2D eigenvalue weighted by atomic mass is 16.6. The first-order valence-electron chi connectivity index (χ1n) is 21.2. The van der Waals surface area contributed by atoms with Crippen LogP contribution in [0.3, 0.4) is 0 Å². The summed E-state index contributed by atoms with van der Waals surface area (Å²) in [6.07, 6.45) is 0. The van der Waals surface area contributed by atoms with Gasteiger partial charge in [0.1, 0.15) is 0 Å². The van der Waals surface area contributed by atoms with Crippen LogP contribution in [0.1, 0.15) is 22.3 Å². The van der Waals surface area contributed by atoms with Crippen molar-refractivity contribution in [1.82, 2.24) is 15.0 Å². The number of ether oxygens (including phenoxy) is 2. The predicted octanol–water partition coefficient (Wildman–Crippen LogP) is 14.5. The minimum atomic E-state index is -0.557. The Kier molecular flexibility index (Phi) is 8.64. The van der Waals surface area contributed by atoms with Gasteiger partial charge in [-0.1, -0.05) is 206 Å². The van der Waals surface area contributed by atoms with Crippen LogP contribution >= 0.6 is 0 Å². The molecule has 5 nitrogen and oxygen atoms in total. The van der Waals surface area contributed by atoms with Crippen LogP contribution < -0.4 is 9.47 Å². The van der Waals surface area contributed by atoms with Gasteiger partial charge in [0, 0.05) is 27.8 Å². The summed E-state index contributed by atoms with van der Waals surface area (Å²) in [7, 11) is 0. The topological polar surface area (TPSA) is 57.1 Å². The molecular formula is C58H37N3O2. The molecule has 63 heavy (non-hydrogen) atoms. The monoisotopic (exact) mass is 807 g/mol. The Balaban J connectivity index is 0.995. The van der Waals surface area contributed by atoms with E-state index >= 15 is 0 Å². The van der Waals surface area contributed by atoms with Gasteiger partial charge in [0.05, 0.1) is 5.41 Å². The summed E-state index contributed by atoms with van der Waals surface area (Å²) < 4.78 is 14.1. The molecule has 296 valence electrons. The van der Waals surface area contributed by atoms with E-state index in [1.807, 2.05) is 60.7 Å². The predicted molar refractivity (Wildman–Crippen MR) is 251 cm³/mol. The fraction of sp³-hybridized carbons (Fsp3) is 0.0172. The van der Waals surface area contributed by atoms with Crippen LogP contribution in [0.25, 0.3) is 67.5 Å². The van der Waals surface area contributed by atoms with E-state index < -0.39 is 5.41 Å². The molecular weight excluding hydrogens is 771 g/mol. The third-order valence-corrected chi connectivity index (χ3v) is 12.3. The summed E-state index contributed by atoms with van der Waals surface area (Å²) >= 11 is 0. The average molecular weight is 808 g/mol. The number of hydrogen-bond acceptors (Lipinski definition) is 5. The lowest BCUT2D eigenvalue weighted by molar-refractivity contribution is 0.361. The molecule has 0 bridgehead atoms. The zero-order chi connectivity index (χ0) is 41.7. The maximum atomic E-state index is 7.09. The second-order valence-electron chi connectivity index (χ2n) is 15.8. The molecule has 9 aromatic carbocycles. The van der Waals surface area contributed by atoms with Gasteiger partial charge in [-0.3, -0.25) is 0 Å². The van der Waals surface area contributed by atoms with Gasteiger partial charge in [0.2, 0.25) is 0 Å². The first-order valence-corrected chi connectivity index (χ1v) is 21.2. The summed E-state index contributed by atoms with van der Waals surface area (Å²) in [6, 6.07) is 77.7. The first-order chi connectivity index (χ1) is 31.2. The molecule has 0 saturated carbocycles. The molecule has 0 atom stereocenters. The maximum Gasteiger partial charge on any atom is 0.178 e. The van der Waals surface area contributed by atoms with Crippen molar-refractivity contribution in [3.05, 3.63) is 247 Å². The van der Waals surface area contributed by atoms with Gasteiger partial charge in [-0.25, -0.2) is 15.0 Å². The van der Waals surface area contributed by atoms with Crippen molar-refractivity contribution in [2.75, 3.05) is 0 Å². The van der Waals surface area contributed by atoms with Gasteiger partial charge in [-0.05, 0) is 62.7 Å². The standard InChI is InChI=1S/C58H37N3O2/c1-5-19-38(20-6-1)40-23-17-24-41(37-40)56-59-55(39-21-7-2-8-22-39)60-57(61-56)46-30-14-13-29-44(46)45-32-18-34-50-53(45)62-51-36-35-49-52(54(51)63-50)47-31-15-16-33-48(47)58(49,42-25-9-3-10-26-42)43-27-11-4-12-28-43/h1-37H. The summed E-state index contributed by atoms with van der Waals surface area (Å²) in [5, 5.41) is 0. The fourth-order valence-electron chi connectivity index (χ4n) is 9.52. The Morgan fingerprint density at radius 1 is 0.302 bits per heavy atom. The number of benzene rings is 9. The molecule has 0 spiro atoms. The molecule has 0 saturated heterocycles.